The van der Waals surface area contributed by atoms with Gasteiger partial charge in [0.15, 0.2) is 5.54 Å². The number of nitrogens with zero attached hydrogens (tertiary/aromatic N) is 4. The number of ether oxygens (including phenoxy) is 2. The van der Waals surface area contributed by atoms with Crippen LogP contribution in [0, 0.1) is 11.3 Å². The zero-order chi connectivity index (χ0) is 31.9. The van der Waals surface area contributed by atoms with Gasteiger partial charge in [0.1, 0.15) is 11.5 Å². The van der Waals surface area contributed by atoms with E-state index in [1.807, 2.05) is 6.07 Å². The Hall–Kier alpha value is -4.61. The Kier molecular flexibility index (Phi) is 8.18. The predicted octanol–water partition coefficient (Wildman–Crippen LogP) is 3.85. The molecule has 2 atom stereocenters. The van der Waals surface area contributed by atoms with Gasteiger partial charge in [0.2, 0.25) is 5.91 Å². The van der Waals surface area contributed by atoms with Gasteiger partial charge in [0.05, 0.1) is 35.4 Å². The first kappa shape index (κ1) is 31.3. The average Bonchev–Trinajstić information content (AvgIpc) is 3.23. The van der Waals surface area contributed by atoms with Crippen LogP contribution in [-0.4, -0.2) is 70.7 Å². The van der Waals surface area contributed by atoms with Crippen LogP contribution in [0.25, 0.3) is 0 Å². The zero-order valence-corrected chi connectivity index (χ0v) is 24.5. The number of halogens is 3. The number of rotatable bonds is 8. The van der Waals surface area contributed by atoms with Crippen molar-refractivity contribution in [3.05, 3.63) is 83.4 Å². The summed E-state index contributed by atoms with van der Waals surface area (Å²) in [7, 11) is 1.14. The van der Waals surface area contributed by atoms with Crippen LogP contribution in [0.5, 0.6) is 11.5 Å². The van der Waals surface area contributed by atoms with Crippen molar-refractivity contribution < 1.29 is 40.7 Å². The molecule has 0 N–H and O–H groups in total. The average molecular weight is 617 g/mol. The van der Waals surface area contributed by atoms with Crippen molar-refractivity contribution in [1.29, 1.82) is 5.26 Å². The molecule has 226 valence electrons. The Bertz CT molecular complexity index is 1720. The molecule has 2 amide bonds. The van der Waals surface area contributed by atoms with Gasteiger partial charge in [0, 0.05) is 25.2 Å². The zero-order valence-electron chi connectivity index (χ0n) is 23.7. The van der Waals surface area contributed by atoms with Crippen LogP contribution in [-0.2, 0) is 25.2 Å². The first-order chi connectivity index (χ1) is 20.1. The molecule has 10 nitrogen and oxygen atoms in total. The monoisotopic (exact) mass is 616 g/mol. The number of fused-ring (bicyclic) bond motifs is 1. The molecule has 0 saturated carbocycles. The molecule has 1 aliphatic heterocycles. The summed E-state index contributed by atoms with van der Waals surface area (Å²) in [6.45, 7) is 1.55. The lowest BCUT2D eigenvalue weighted by atomic mass is 9.80. The van der Waals surface area contributed by atoms with Gasteiger partial charge in [-0.3, -0.25) is 14.5 Å². The van der Waals surface area contributed by atoms with Crippen LogP contribution in [0.4, 0.5) is 18.9 Å². The van der Waals surface area contributed by atoms with Gasteiger partial charge < -0.3 is 14.4 Å². The number of benzene rings is 3. The molecule has 43 heavy (non-hydrogen) atoms. The summed E-state index contributed by atoms with van der Waals surface area (Å²) in [5.74, 6) is -1.87. The van der Waals surface area contributed by atoms with Gasteiger partial charge >= 0.3 is 6.36 Å². The second kappa shape index (κ2) is 11.2. The molecule has 0 aliphatic carbocycles. The fourth-order valence-corrected chi connectivity index (χ4v) is 6.63. The molecule has 1 heterocycles. The van der Waals surface area contributed by atoms with Crippen molar-refractivity contribution in [2.45, 2.75) is 29.8 Å². The topological polar surface area (TPSA) is 120 Å². The number of nitriles is 1. The summed E-state index contributed by atoms with van der Waals surface area (Å²) in [4.78, 5) is 30.3. The number of carbonyl (C=O) groups excluding carboxylic acids is 2. The summed E-state index contributed by atoms with van der Waals surface area (Å²) in [5.41, 5.74) is -1.72. The summed E-state index contributed by atoms with van der Waals surface area (Å²) >= 11 is 0. The highest BCUT2D eigenvalue weighted by atomic mass is 32.2. The Balaban J connectivity index is 2.03. The summed E-state index contributed by atoms with van der Waals surface area (Å²) < 4.78 is 76.3. The summed E-state index contributed by atoms with van der Waals surface area (Å²) in [5, 5.41) is 9.74. The van der Waals surface area contributed by atoms with E-state index in [-0.39, 0.29) is 28.1 Å². The van der Waals surface area contributed by atoms with Crippen LogP contribution in [0.3, 0.4) is 0 Å². The number of hydrogen-bond acceptors (Lipinski definition) is 8. The molecule has 3 aromatic rings. The Labute approximate surface area is 246 Å². The number of likely N-dealkylation sites (N-methyl/N-ethyl adjacent to an activating group) is 2. The first-order valence-electron chi connectivity index (χ1n) is 12.7. The van der Waals surface area contributed by atoms with Gasteiger partial charge in [-0.05, 0) is 62.5 Å². The fraction of sp³-hybridized carbons (Fsp3) is 0.276. The van der Waals surface area contributed by atoms with Gasteiger partial charge in [-0.1, -0.05) is 18.2 Å². The number of hydrogen-bond donors (Lipinski definition) is 0. The molecule has 0 fully saturated rings. The fourth-order valence-electron chi connectivity index (χ4n) is 5.17. The molecule has 0 saturated heterocycles. The highest BCUT2D eigenvalue weighted by Crippen LogP contribution is 2.52. The predicted molar refractivity (Wildman–Crippen MR) is 149 cm³/mol. The molecular formula is C29H27F3N4O6S. The van der Waals surface area contributed by atoms with Gasteiger partial charge in [0.25, 0.3) is 15.9 Å². The van der Waals surface area contributed by atoms with Gasteiger partial charge in [-0.15, -0.1) is 13.2 Å². The lowest BCUT2D eigenvalue weighted by Crippen LogP contribution is -2.59. The highest BCUT2D eigenvalue weighted by Gasteiger charge is 2.61. The third-order valence-corrected chi connectivity index (χ3v) is 8.94. The molecule has 3 aromatic carbocycles. The Morgan fingerprint density at radius 2 is 1.65 bits per heavy atom. The molecule has 1 unspecified atom stereocenters. The minimum atomic E-state index is -5.00. The Morgan fingerprint density at radius 3 is 2.21 bits per heavy atom. The maximum absolute atomic E-state index is 14.8. The molecule has 0 bridgehead atoms. The van der Waals surface area contributed by atoms with Crippen LogP contribution in [0.2, 0.25) is 0 Å². The van der Waals surface area contributed by atoms with E-state index >= 15 is 0 Å². The maximum atomic E-state index is 14.8. The van der Waals surface area contributed by atoms with Crippen molar-refractivity contribution in [2.75, 3.05) is 32.6 Å². The molecule has 1 aliphatic rings. The summed E-state index contributed by atoms with van der Waals surface area (Å²) in [6.07, 6.45) is -5.00. The van der Waals surface area contributed by atoms with Crippen LogP contribution in [0.1, 0.15) is 23.6 Å². The van der Waals surface area contributed by atoms with Crippen molar-refractivity contribution >= 4 is 27.5 Å². The number of anilines is 1. The molecule has 0 radical (unpaired) electrons. The van der Waals surface area contributed by atoms with E-state index in [2.05, 4.69) is 4.74 Å². The minimum Gasteiger partial charge on any atom is -0.496 e. The second-order valence-corrected chi connectivity index (χ2v) is 11.7. The molecule has 0 spiro atoms. The second-order valence-electron chi connectivity index (χ2n) is 9.87. The van der Waals surface area contributed by atoms with Gasteiger partial charge in [-0.25, -0.2) is 12.7 Å². The number of amides is 2. The van der Waals surface area contributed by atoms with Crippen LogP contribution < -0.4 is 13.8 Å². The third kappa shape index (κ3) is 5.26. The van der Waals surface area contributed by atoms with Crippen molar-refractivity contribution in [1.82, 2.24) is 9.80 Å². The Morgan fingerprint density at radius 1 is 1.02 bits per heavy atom. The highest BCUT2D eigenvalue weighted by molar-refractivity contribution is 7.93. The molecule has 4 rings (SSSR count). The van der Waals surface area contributed by atoms with Gasteiger partial charge in [-0.2, -0.15) is 5.26 Å². The van der Waals surface area contributed by atoms with Crippen molar-refractivity contribution in [2.24, 2.45) is 0 Å². The third-order valence-electron chi connectivity index (χ3n) is 7.23. The van der Waals surface area contributed by atoms with E-state index in [1.165, 1.54) is 56.3 Å². The SMILES string of the molecule is COc1ccccc1C1(N(C)[C@@H](C)C(=O)N(C)C)C(=O)N(S(=O)(=O)c2ccc(OC(F)(F)F)cc2)c2ccc(C#N)cc21. The largest absolute Gasteiger partial charge is 0.573 e. The number of methoxy groups -OCH3 is 1. The number of alkyl halides is 3. The van der Waals surface area contributed by atoms with E-state index in [0.29, 0.717) is 4.31 Å². The lowest BCUT2D eigenvalue weighted by Gasteiger charge is -2.42. The lowest BCUT2D eigenvalue weighted by molar-refractivity contribution is -0.274. The molecule has 14 heteroatoms. The van der Waals surface area contributed by atoms with E-state index in [4.69, 9.17) is 4.74 Å². The van der Waals surface area contributed by atoms with Crippen molar-refractivity contribution in [3.8, 4) is 17.6 Å². The normalized spacial score (nSPS) is 17.3. The molecule has 0 aromatic heterocycles. The standard InChI is InChI=1S/C29H27F3N4O6S/c1-18(26(37)34(2)3)35(4)28(22-8-6-7-9-25(22)41-5)23-16-19(17-33)10-15-24(23)36(27(28)38)43(39,40)21-13-11-20(12-14-21)42-29(30,31)32/h6-16,18H,1-5H3/t18-,28?/m0/s1. The first-order valence-corrected chi connectivity index (χ1v) is 14.1. The maximum Gasteiger partial charge on any atom is 0.573 e. The molecular weight excluding hydrogens is 589 g/mol. The van der Waals surface area contributed by atoms with Crippen LogP contribution in [0.15, 0.2) is 71.6 Å². The quantitative estimate of drug-likeness (QED) is 0.375. The van der Waals surface area contributed by atoms with Crippen molar-refractivity contribution in [3.63, 3.8) is 0 Å². The minimum absolute atomic E-state index is 0.0857. The van der Waals surface area contributed by atoms with E-state index in [0.717, 1.165) is 24.3 Å². The number of carbonyl (C=O) groups is 2. The van der Waals surface area contributed by atoms with E-state index in [1.54, 1.807) is 31.2 Å². The smallest absolute Gasteiger partial charge is 0.496 e. The van der Waals surface area contributed by atoms with Crippen LogP contribution >= 0.6 is 0 Å². The van der Waals surface area contributed by atoms with E-state index < -0.39 is 50.4 Å². The number of sulfonamides is 1. The number of para-hydroxylation sites is 1. The van der Waals surface area contributed by atoms with E-state index in [9.17, 15) is 36.4 Å². The summed E-state index contributed by atoms with van der Waals surface area (Å²) in [6, 6.07) is 14.8.